The van der Waals surface area contributed by atoms with Gasteiger partial charge in [0.1, 0.15) is 5.84 Å². The van der Waals surface area contributed by atoms with Crippen LogP contribution in [0.4, 0.5) is 5.69 Å². The van der Waals surface area contributed by atoms with Crippen LogP contribution in [0.3, 0.4) is 0 Å². The van der Waals surface area contributed by atoms with E-state index in [9.17, 15) is 0 Å². The first-order valence-corrected chi connectivity index (χ1v) is 8.37. The van der Waals surface area contributed by atoms with Crippen LogP contribution >= 0.6 is 9.39 Å². The molecular formula is C19H25N2PPr2. The molecule has 24 heavy (non-hydrogen) atoms. The van der Waals surface area contributed by atoms with E-state index in [1.54, 1.807) is 0 Å². The summed E-state index contributed by atoms with van der Waals surface area (Å²) >= 11 is 0. The average Bonchev–Trinajstić information content (AvgIpc) is 2.53. The summed E-state index contributed by atoms with van der Waals surface area (Å²) in [6.45, 7) is 6.45. The van der Waals surface area contributed by atoms with E-state index < -0.39 is 0 Å². The van der Waals surface area contributed by atoms with Crippen molar-refractivity contribution in [3.63, 3.8) is 0 Å². The molecule has 1 atom stereocenters. The molecular weight excluding hydrogens is 569 g/mol. The number of rotatable bonds is 5. The van der Waals surface area contributed by atoms with Crippen molar-refractivity contribution in [3.05, 3.63) is 64.7 Å². The Morgan fingerprint density at radius 1 is 1.00 bits per heavy atom. The Bertz CT molecular complexity index is 635. The number of benzene rings is 2. The van der Waals surface area contributed by atoms with E-state index in [1.165, 1.54) is 29.5 Å². The fourth-order valence-electron chi connectivity index (χ4n) is 2.52. The van der Waals surface area contributed by atoms with Gasteiger partial charge in [-0.3, -0.25) is 4.76 Å². The molecule has 0 aromatic heterocycles. The molecule has 2 radical (unpaired) electrons. The maximum absolute atomic E-state index is 4.35. The number of unbranched alkanes of at least 4 members (excludes halogenated alkanes) is 1. The van der Waals surface area contributed by atoms with Gasteiger partial charge in [0.2, 0.25) is 0 Å². The van der Waals surface area contributed by atoms with Gasteiger partial charge in [-0.25, -0.2) is 0 Å². The molecule has 0 aliphatic heterocycles. The van der Waals surface area contributed by atoms with Crippen molar-refractivity contribution in [1.82, 2.24) is 0 Å². The summed E-state index contributed by atoms with van der Waals surface area (Å²) in [7, 11) is 2.46. The molecule has 0 aliphatic rings. The number of para-hydroxylation sites is 1. The Balaban J connectivity index is 0.00000264. The molecule has 0 aliphatic carbocycles. The van der Waals surface area contributed by atoms with Gasteiger partial charge in [0.25, 0.3) is 0 Å². The molecule has 0 fully saturated rings. The predicted octanol–water partition coefficient (Wildman–Crippen LogP) is 5.29. The zero-order valence-corrected chi connectivity index (χ0v) is 23.4. The van der Waals surface area contributed by atoms with Crippen molar-refractivity contribution in [3.8, 4) is 0 Å². The number of nitrogens with zero attached hydrogens (tertiary/aromatic N) is 1. The summed E-state index contributed by atoms with van der Waals surface area (Å²) in [5.41, 5.74) is 6.09. The molecule has 5 heteroatoms. The maximum Gasteiger partial charge on any atom is 0.135 e. The molecule has 1 N–H and O–H groups in total. The summed E-state index contributed by atoms with van der Waals surface area (Å²) in [4.78, 5) is 0. The quantitative estimate of drug-likeness (QED) is 0.284. The van der Waals surface area contributed by atoms with Crippen molar-refractivity contribution in [2.45, 2.75) is 40.0 Å². The zero-order chi connectivity index (χ0) is 15.9. The number of anilines is 1. The molecule has 0 saturated carbocycles. The number of aryl methyl sites for hydroxylation is 3. The van der Waals surface area contributed by atoms with Gasteiger partial charge in [0.05, 0.1) is 0 Å². The van der Waals surface area contributed by atoms with E-state index in [4.69, 9.17) is 0 Å². The van der Waals surface area contributed by atoms with Gasteiger partial charge < -0.3 is 5.32 Å². The van der Waals surface area contributed by atoms with Gasteiger partial charge in [-0.15, -0.1) is 0 Å². The minimum Gasteiger partial charge on any atom is -0.339 e. The van der Waals surface area contributed by atoms with Crippen LogP contribution < -0.4 is 5.32 Å². The molecule has 2 aromatic rings. The SMILES string of the molecule is CCCCc1ccc(/C(=N/P)Nc2c(C)cccc2C)cc1.[Pr].[Pr]. The Labute approximate surface area is 215 Å². The monoisotopic (exact) mass is 594 g/mol. The van der Waals surface area contributed by atoms with Crippen LogP contribution in [0.15, 0.2) is 47.2 Å². The third-order valence-corrected chi connectivity index (χ3v) is 4.16. The second kappa shape index (κ2) is 13.3. The number of hydrogen-bond acceptors (Lipinski definition) is 1. The van der Waals surface area contributed by atoms with E-state index >= 15 is 0 Å². The molecule has 2 rings (SSSR count). The minimum atomic E-state index is 0. The standard InChI is InChI=1S/C19H25N2P.2Pr/c1-4-5-9-16-10-12-17(13-11-16)19(21-22)20-18-14(2)7-6-8-15(18)3;;/h6-8,10-13H,4-5,9,22H2,1-3H3,(H,20,21);;. The molecule has 0 saturated heterocycles. The first kappa shape index (κ1) is 25.1. The van der Waals surface area contributed by atoms with Crippen LogP contribution in [-0.4, -0.2) is 5.84 Å². The summed E-state index contributed by atoms with van der Waals surface area (Å²) in [5, 5.41) is 3.47. The number of nitrogens with one attached hydrogen (secondary N) is 1. The van der Waals surface area contributed by atoms with E-state index in [0.29, 0.717) is 0 Å². The third-order valence-electron chi connectivity index (χ3n) is 3.90. The maximum atomic E-state index is 4.35. The van der Waals surface area contributed by atoms with Crippen LogP contribution in [-0.2, 0) is 6.42 Å². The van der Waals surface area contributed by atoms with Gasteiger partial charge >= 0.3 is 0 Å². The Morgan fingerprint density at radius 2 is 1.58 bits per heavy atom. The largest absolute Gasteiger partial charge is 0.339 e. The molecule has 0 spiro atoms. The van der Waals surface area contributed by atoms with E-state index in [-0.39, 0.29) is 82.6 Å². The fourth-order valence-corrected chi connectivity index (χ4v) is 2.73. The topological polar surface area (TPSA) is 24.4 Å². The van der Waals surface area contributed by atoms with Crippen molar-refractivity contribution in [1.29, 1.82) is 0 Å². The van der Waals surface area contributed by atoms with Crippen LogP contribution in [0.25, 0.3) is 0 Å². The van der Waals surface area contributed by atoms with Crippen molar-refractivity contribution in [2.24, 2.45) is 4.76 Å². The molecule has 2 nitrogen and oxygen atoms in total. The first-order valence-electron chi connectivity index (χ1n) is 7.86. The minimum absolute atomic E-state index is 0. The van der Waals surface area contributed by atoms with Gasteiger partial charge in [0, 0.05) is 93.8 Å². The van der Waals surface area contributed by atoms with Crippen LogP contribution in [0.5, 0.6) is 0 Å². The Hall–Kier alpha value is 1.07. The van der Waals surface area contributed by atoms with Crippen molar-refractivity contribution in [2.75, 3.05) is 5.32 Å². The normalized spacial score (nSPS) is 10.6. The molecule has 0 amide bonds. The predicted molar refractivity (Wildman–Crippen MR) is 101 cm³/mol. The second-order valence-electron chi connectivity index (χ2n) is 5.67. The summed E-state index contributed by atoms with van der Waals surface area (Å²) in [6.07, 6.45) is 3.62. The van der Waals surface area contributed by atoms with Crippen molar-refractivity contribution >= 4 is 20.9 Å². The molecule has 0 heterocycles. The smallest absolute Gasteiger partial charge is 0.135 e. The number of hydrogen-bond donors (Lipinski definition) is 1. The number of amidine groups is 1. The van der Waals surface area contributed by atoms with E-state index in [2.05, 4.69) is 82.7 Å². The molecule has 2 aromatic carbocycles. The van der Waals surface area contributed by atoms with Gasteiger partial charge in [-0.2, -0.15) is 0 Å². The molecule has 1 unspecified atom stereocenters. The van der Waals surface area contributed by atoms with Gasteiger partial charge in [-0.05, 0) is 52.8 Å². The molecule has 122 valence electrons. The van der Waals surface area contributed by atoms with E-state index in [1.807, 2.05) is 0 Å². The van der Waals surface area contributed by atoms with Gasteiger partial charge in [0.15, 0.2) is 0 Å². The Morgan fingerprint density at radius 3 is 2.08 bits per heavy atom. The summed E-state index contributed by atoms with van der Waals surface area (Å²) in [5.74, 6) is 0.879. The van der Waals surface area contributed by atoms with E-state index in [0.717, 1.165) is 23.5 Å². The van der Waals surface area contributed by atoms with Crippen LogP contribution in [0.2, 0.25) is 0 Å². The summed E-state index contributed by atoms with van der Waals surface area (Å²) < 4.78 is 4.35. The third kappa shape index (κ3) is 7.36. The fraction of sp³-hybridized carbons (Fsp3) is 0.316. The average molecular weight is 594 g/mol. The zero-order valence-electron chi connectivity index (χ0n) is 14.8. The van der Waals surface area contributed by atoms with Gasteiger partial charge in [-0.1, -0.05) is 55.8 Å². The van der Waals surface area contributed by atoms with Crippen LogP contribution in [0.1, 0.15) is 42.0 Å². The van der Waals surface area contributed by atoms with Crippen molar-refractivity contribution < 1.29 is 82.6 Å². The Kier molecular flexibility index (Phi) is 13.9. The van der Waals surface area contributed by atoms with Crippen LogP contribution in [0, 0.1) is 96.4 Å². The summed E-state index contributed by atoms with van der Waals surface area (Å²) in [6, 6.07) is 15.0. The second-order valence-corrected chi connectivity index (χ2v) is 5.93. The first-order chi connectivity index (χ1) is 10.7. The molecule has 0 bridgehead atoms.